The fourth-order valence-corrected chi connectivity index (χ4v) is 2.02. The van der Waals surface area contributed by atoms with E-state index >= 15 is 0 Å². The number of anilines is 1. The van der Waals surface area contributed by atoms with Gasteiger partial charge in [-0.1, -0.05) is 43.3 Å². The molecule has 2 aromatic rings. The summed E-state index contributed by atoms with van der Waals surface area (Å²) in [6.07, 6.45) is 0.961. The fraction of sp³-hybridized carbons (Fsp3) is 0.250. The molecule has 0 bridgehead atoms. The van der Waals surface area contributed by atoms with Crippen LogP contribution in [0.4, 0.5) is 5.82 Å². The van der Waals surface area contributed by atoms with Crippen LogP contribution in [-0.2, 0) is 0 Å². The van der Waals surface area contributed by atoms with Crippen LogP contribution < -0.4 is 5.32 Å². The van der Waals surface area contributed by atoms with Gasteiger partial charge in [0.2, 0.25) is 0 Å². The van der Waals surface area contributed by atoms with E-state index in [2.05, 4.69) is 29.4 Å². The van der Waals surface area contributed by atoms with Gasteiger partial charge in [-0.25, -0.2) is 9.78 Å². The van der Waals surface area contributed by atoms with Crippen molar-refractivity contribution in [2.24, 2.45) is 0 Å². The molecule has 0 aliphatic rings. The second kappa shape index (κ2) is 6.70. The molecule has 4 nitrogen and oxygen atoms in total. The van der Waals surface area contributed by atoms with Crippen LogP contribution in [0.3, 0.4) is 0 Å². The molecule has 0 aliphatic carbocycles. The summed E-state index contributed by atoms with van der Waals surface area (Å²) in [6, 6.07) is 15.3. The minimum absolute atomic E-state index is 0.0612. The van der Waals surface area contributed by atoms with Gasteiger partial charge in [0.15, 0.2) is 5.69 Å². The molecular formula is C16H18N2O2. The lowest BCUT2D eigenvalue weighted by atomic mass is 9.98. The van der Waals surface area contributed by atoms with Gasteiger partial charge in [-0.3, -0.25) is 0 Å². The third-order valence-electron chi connectivity index (χ3n) is 3.22. The number of nitrogens with zero attached hydrogens (tertiary/aromatic N) is 1. The van der Waals surface area contributed by atoms with E-state index in [-0.39, 0.29) is 5.69 Å². The van der Waals surface area contributed by atoms with E-state index in [1.807, 2.05) is 18.2 Å². The average Bonchev–Trinajstić information content (AvgIpc) is 2.48. The molecule has 1 aromatic carbocycles. The molecular weight excluding hydrogens is 252 g/mol. The Balaban J connectivity index is 1.87. The number of nitrogens with one attached hydrogen (secondary N) is 1. The third-order valence-corrected chi connectivity index (χ3v) is 3.22. The number of rotatable bonds is 6. The Morgan fingerprint density at radius 3 is 2.65 bits per heavy atom. The lowest BCUT2D eigenvalue weighted by Crippen LogP contribution is -2.09. The van der Waals surface area contributed by atoms with Gasteiger partial charge in [0.25, 0.3) is 0 Å². The SMILES string of the molecule is CC(CCNc1cccc(C(=O)O)n1)c1ccccc1. The topological polar surface area (TPSA) is 62.2 Å². The van der Waals surface area contributed by atoms with Gasteiger partial charge in [0, 0.05) is 6.54 Å². The van der Waals surface area contributed by atoms with E-state index in [4.69, 9.17) is 5.11 Å². The number of hydrogen-bond donors (Lipinski definition) is 2. The molecule has 0 spiro atoms. The maximum atomic E-state index is 10.8. The van der Waals surface area contributed by atoms with Gasteiger partial charge < -0.3 is 10.4 Å². The van der Waals surface area contributed by atoms with Crippen molar-refractivity contribution in [1.29, 1.82) is 0 Å². The summed E-state index contributed by atoms with van der Waals surface area (Å²) in [7, 11) is 0. The standard InChI is InChI=1S/C16H18N2O2/c1-12(13-6-3-2-4-7-13)10-11-17-15-9-5-8-14(18-15)16(19)20/h2-9,12H,10-11H2,1H3,(H,17,18)(H,19,20). The summed E-state index contributed by atoms with van der Waals surface area (Å²) >= 11 is 0. The Hall–Kier alpha value is -2.36. The first-order valence-corrected chi connectivity index (χ1v) is 6.66. The first-order valence-electron chi connectivity index (χ1n) is 6.66. The van der Waals surface area contributed by atoms with E-state index in [1.54, 1.807) is 12.1 Å². The van der Waals surface area contributed by atoms with E-state index in [9.17, 15) is 4.79 Å². The first-order chi connectivity index (χ1) is 9.66. The Morgan fingerprint density at radius 2 is 1.95 bits per heavy atom. The lowest BCUT2D eigenvalue weighted by Gasteiger charge is -2.12. The van der Waals surface area contributed by atoms with Crippen molar-refractivity contribution in [3.05, 3.63) is 59.8 Å². The van der Waals surface area contributed by atoms with Crippen LogP contribution >= 0.6 is 0 Å². The number of pyridine rings is 1. The van der Waals surface area contributed by atoms with E-state index in [0.717, 1.165) is 13.0 Å². The minimum Gasteiger partial charge on any atom is -0.477 e. The third kappa shape index (κ3) is 3.82. The van der Waals surface area contributed by atoms with E-state index < -0.39 is 5.97 Å². The molecule has 104 valence electrons. The summed E-state index contributed by atoms with van der Waals surface area (Å²) < 4.78 is 0. The Bertz CT molecular complexity index is 570. The molecule has 0 saturated carbocycles. The highest BCUT2D eigenvalue weighted by molar-refractivity contribution is 5.85. The molecule has 2 N–H and O–H groups in total. The highest BCUT2D eigenvalue weighted by Gasteiger charge is 2.06. The van der Waals surface area contributed by atoms with Crippen LogP contribution in [0.1, 0.15) is 35.3 Å². The molecule has 0 amide bonds. The van der Waals surface area contributed by atoms with Crippen molar-refractivity contribution in [3.63, 3.8) is 0 Å². The molecule has 0 fully saturated rings. The molecule has 1 aromatic heterocycles. The van der Waals surface area contributed by atoms with Crippen molar-refractivity contribution < 1.29 is 9.90 Å². The number of benzene rings is 1. The lowest BCUT2D eigenvalue weighted by molar-refractivity contribution is 0.0690. The molecule has 4 heteroatoms. The summed E-state index contributed by atoms with van der Waals surface area (Å²) in [6.45, 7) is 2.93. The van der Waals surface area contributed by atoms with Crippen LogP contribution in [0.2, 0.25) is 0 Å². The number of carbonyl (C=O) groups is 1. The molecule has 1 atom stereocenters. The first kappa shape index (κ1) is 14.1. The van der Waals surface area contributed by atoms with Crippen molar-refractivity contribution in [3.8, 4) is 0 Å². The predicted octanol–water partition coefficient (Wildman–Crippen LogP) is 3.39. The van der Waals surface area contributed by atoms with Gasteiger partial charge in [0.1, 0.15) is 5.82 Å². The van der Waals surface area contributed by atoms with Gasteiger partial charge in [-0.15, -0.1) is 0 Å². The minimum atomic E-state index is -1.01. The van der Waals surface area contributed by atoms with Crippen LogP contribution in [-0.4, -0.2) is 22.6 Å². The molecule has 0 aliphatic heterocycles. The Kier molecular flexibility index (Phi) is 4.71. The number of carboxylic acids is 1. The highest BCUT2D eigenvalue weighted by atomic mass is 16.4. The number of aromatic carboxylic acids is 1. The maximum Gasteiger partial charge on any atom is 0.354 e. The maximum absolute atomic E-state index is 10.8. The van der Waals surface area contributed by atoms with Crippen LogP contribution in [0.5, 0.6) is 0 Å². The number of carboxylic acid groups (broad SMARTS) is 1. The van der Waals surface area contributed by atoms with Crippen molar-refractivity contribution in [1.82, 2.24) is 4.98 Å². The van der Waals surface area contributed by atoms with Gasteiger partial charge in [-0.05, 0) is 30.0 Å². The van der Waals surface area contributed by atoms with Crippen LogP contribution in [0.15, 0.2) is 48.5 Å². The largest absolute Gasteiger partial charge is 0.477 e. The Labute approximate surface area is 118 Å². The molecule has 0 radical (unpaired) electrons. The molecule has 2 rings (SSSR count). The zero-order chi connectivity index (χ0) is 14.4. The zero-order valence-corrected chi connectivity index (χ0v) is 11.4. The summed E-state index contributed by atoms with van der Waals surface area (Å²) in [5, 5.41) is 12.0. The van der Waals surface area contributed by atoms with Crippen molar-refractivity contribution in [2.45, 2.75) is 19.3 Å². The van der Waals surface area contributed by atoms with Gasteiger partial charge >= 0.3 is 5.97 Å². The fourth-order valence-electron chi connectivity index (χ4n) is 2.02. The highest BCUT2D eigenvalue weighted by Crippen LogP contribution is 2.18. The monoisotopic (exact) mass is 270 g/mol. The summed E-state index contributed by atoms with van der Waals surface area (Å²) in [5.74, 6) is 0.0443. The van der Waals surface area contributed by atoms with Gasteiger partial charge in [-0.2, -0.15) is 0 Å². The Morgan fingerprint density at radius 1 is 1.20 bits per heavy atom. The van der Waals surface area contributed by atoms with Crippen molar-refractivity contribution >= 4 is 11.8 Å². The molecule has 1 heterocycles. The van der Waals surface area contributed by atoms with Crippen LogP contribution in [0, 0.1) is 0 Å². The quantitative estimate of drug-likeness (QED) is 0.844. The van der Waals surface area contributed by atoms with Crippen molar-refractivity contribution in [2.75, 3.05) is 11.9 Å². The zero-order valence-electron chi connectivity index (χ0n) is 11.4. The smallest absolute Gasteiger partial charge is 0.354 e. The summed E-state index contributed by atoms with van der Waals surface area (Å²) in [5.41, 5.74) is 1.37. The second-order valence-electron chi connectivity index (χ2n) is 4.74. The van der Waals surface area contributed by atoms with E-state index in [0.29, 0.717) is 11.7 Å². The molecule has 0 saturated heterocycles. The second-order valence-corrected chi connectivity index (χ2v) is 4.74. The number of hydrogen-bond acceptors (Lipinski definition) is 3. The normalized spacial score (nSPS) is 11.8. The van der Waals surface area contributed by atoms with Gasteiger partial charge in [0.05, 0.1) is 0 Å². The van der Waals surface area contributed by atoms with Crippen LogP contribution in [0.25, 0.3) is 0 Å². The summed E-state index contributed by atoms with van der Waals surface area (Å²) in [4.78, 5) is 14.9. The average molecular weight is 270 g/mol. The molecule has 20 heavy (non-hydrogen) atoms. The predicted molar refractivity (Wildman–Crippen MR) is 79.2 cm³/mol. The van der Waals surface area contributed by atoms with E-state index in [1.165, 1.54) is 11.6 Å². The number of aromatic nitrogens is 1. The molecule has 1 unspecified atom stereocenters.